The predicted octanol–water partition coefficient (Wildman–Crippen LogP) is 4.01. The molecule has 0 saturated carbocycles. The first-order chi connectivity index (χ1) is 14.5. The number of anilines is 1. The van der Waals surface area contributed by atoms with Gasteiger partial charge in [-0.25, -0.2) is 8.42 Å². The Labute approximate surface area is 177 Å². The first-order valence-corrected chi connectivity index (χ1v) is 11.7. The number of sulfonamides is 1. The van der Waals surface area contributed by atoms with Gasteiger partial charge in [0.2, 0.25) is 10.0 Å². The first kappa shape index (κ1) is 20.5. The van der Waals surface area contributed by atoms with Gasteiger partial charge in [0.25, 0.3) is 5.91 Å². The number of nitrogens with zero attached hydrogens (tertiary/aromatic N) is 2. The number of benzene rings is 2. The lowest BCUT2D eigenvalue weighted by molar-refractivity contribution is 0.102. The molecular formula is C23H25N3O3S. The molecule has 1 aliphatic carbocycles. The van der Waals surface area contributed by atoms with Crippen molar-refractivity contribution >= 4 is 32.5 Å². The molecule has 0 spiro atoms. The van der Waals surface area contributed by atoms with Crippen LogP contribution in [0.25, 0.3) is 10.9 Å². The van der Waals surface area contributed by atoms with Crippen LogP contribution in [-0.2, 0) is 22.9 Å². The van der Waals surface area contributed by atoms with E-state index < -0.39 is 10.0 Å². The predicted molar refractivity (Wildman–Crippen MR) is 118 cm³/mol. The summed E-state index contributed by atoms with van der Waals surface area (Å²) in [5, 5.41) is 3.78. The van der Waals surface area contributed by atoms with Gasteiger partial charge in [0.15, 0.2) is 0 Å². The highest BCUT2D eigenvalue weighted by atomic mass is 32.2. The minimum Gasteiger partial charge on any atom is -0.322 e. The quantitative estimate of drug-likeness (QED) is 0.650. The van der Waals surface area contributed by atoms with Crippen molar-refractivity contribution in [3.8, 4) is 0 Å². The molecule has 0 radical (unpaired) electrons. The van der Waals surface area contributed by atoms with E-state index >= 15 is 0 Å². The highest BCUT2D eigenvalue weighted by molar-refractivity contribution is 7.89. The summed E-state index contributed by atoms with van der Waals surface area (Å²) in [5.41, 5.74) is 4.08. The number of aromatic nitrogens is 1. The van der Waals surface area contributed by atoms with Crippen LogP contribution in [0.3, 0.4) is 0 Å². The number of carbonyl (C=O) groups is 1. The van der Waals surface area contributed by atoms with E-state index in [9.17, 15) is 13.2 Å². The molecular weight excluding hydrogens is 398 g/mol. The number of rotatable bonds is 6. The summed E-state index contributed by atoms with van der Waals surface area (Å²) in [7, 11) is -3.52. The summed E-state index contributed by atoms with van der Waals surface area (Å²) < 4.78 is 26.7. The van der Waals surface area contributed by atoms with Gasteiger partial charge >= 0.3 is 0 Å². The molecule has 2 aromatic carbocycles. The van der Waals surface area contributed by atoms with Crippen LogP contribution in [0.2, 0.25) is 0 Å². The molecule has 30 heavy (non-hydrogen) atoms. The van der Waals surface area contributed by atoms with Gasteiger partial charge in [0, 0.05) is 29.9 Å². The third kappa shape index (κ3) is 3.59. The Morgan fingerprint density at radius 3 is 2.43 bits per heavy atom. The standard InChI is InChI=1S/C23H25N3O3S/c1-3-26(4-2)30(28,29)17-14-12-16(13-15-17)24-23(27)22-18-8-5-6-10-20(18)25-21-11-7-9-19(21)22/h5-6,8,10,12-15H,3-4,7,9,11H2,1-2H3,(H,24,27). The summed E-state index contributed by atoms with van der Waals surface area (Å²) >= 11 is 0. The van der Waals surface area contributed by atoms with E-state index in [1.807, 2.05) is 38.1 Å². The number of amides is 1. The van der Waals surface area contributed by atoms with Crippen LogP contribution >= 0.6 is 0 Å². The maximum absolute atomic E-state index is 13.2. The second-order valence-electron chi connectivity index (χ2n) is 7.35. The molecule has 0 aliphatic heterocycles. The van der Waals surface area contributed by atoms with E-state index in [0.29, 0.717) is 24.3 Å². The molecule has 0 fully saturated rings. The molecule has 1 aromatic heterocycles. The third-order valence-electron chi connectivity index (χ3n) is 5.60. The number of nitrogens with one attached hydrogen (secondary N) is 1. The van der Waals surface area contributed by atoms with Crippen molar-refractivity contribution in [3.05, 3.63) is 65.4 Å². The van der Waals surface area contributed by atoms with Gasteiger partial charge in [-0.15, -0.1) is 0 Å². The van der Waals surface area contributed by atoms with E-state index in [-0.39, 0.29) is 10.8 Å². The van der Waals surface area contributed by atoms with E-state index in [1.165, 1.54) is 4.31 Å². The van der Waals surface area contributed by atoms with Gasteiger partial charge in [0.05, 0.1) is 16.0 Å². The fraction of sp³-hybridized carbons (Fsp3) is 0.304. The SMILES string of the molecule is CCN(CC)S(=O)(=O)c1ccc(NC(=O)c2c3c(nc4ccccc24)CCC3)cc1. The van der Waals surface area contributed by atoms with E-state index in [2.05, 4.69) is 5.32 Å². The summed E-state index contributed by atoms with van der Waals surface area (Å²) in [6.07, 6.45) is 2.73. The van der Waals surface area contributed by atoms with Crippen molar-refractivity contribution in [2.75, 3.05) is 18.4 Å². The lowest BCUT2D eigenvalue weighted by atomic mass is 10.0. The average molecular weight is 424 g/mol. The largest absolute Gasteiger partial charge is 0.322 e. The van der Waals surface area contributed by atoms with Crippen molar-refractivity contribution in [3.63, 3.8) is 0 Å². The van der Waals surface area contributed by atoms with E-state index in [4.69, 9.17) is 4.98 Å². The smallest absolute Gasteiger partial charge is 0.256 e. The van der Waals surface area contributed by atoms with Gasteiger partial charge in [-0.05, 0) is 55.2 Å². The maximum Gasteiger partial charge on any atom is 0.256 e. The first-order valence-electron chi connectivity index (χ1n) is 10.3. The molecule has 1 heterocycles. The normalized spacial score (nSPS) is 13.6. The Balaban J connectivity index is 1.65. The highest BCUT2D eigenvalue weighted by Crippen LogP contribution is 2.30. The van der Waals surface area contributed by atoms with Crippen LogP contribution in [0.15, 0.2) is 53.4 Å². The van der Waals surface area contributed by atoms with Crippen LogP contribution in [0.1, 0.15) is 41.9 Å². The zero-order chi connectivity index (χ0) is 21.3. The van der Waals surface area contributed by atoms with Crippen LogP contribution in [0, 0.1) is 0 Å². The van der Waals surface area contributed by atoms with Crippen LogP contribution in [-0.4, -0.2) is 36.7 Å². The maximum atomic E-state index is 13.2. The third-order valence-corrected chi connectivity index (χ3v) is 7.67. The number of hydrogen-bond donors (Lipinski definition) is 1. The van der Waals surface area contributed by atoms with Gasteiger partial charge in [-0.3, -0.25) is 9.78 Å². The summed E-state index contributed by atoms with van der Waals surface area (Å²) in [6, 6.07) is 14.0. The van der Waals surface area contributed by atoms with Crippen molar-refractivity contribution in [2.45, 2.75) is 38.0 Å². The summed E-state index contributed by atoms with van der Waals surface area (Å²) in [6.45, 7) is 4.45. The van der Waals surface area contributed by atoms with Gasteiger partial charge in [-0.1, -0.05) is 32.0 Å². The molecule has 0 atom stereocenters. The van der Waals surface area contributed by atoms with Crippen LogP contribution in [0.4, 0.5) is 5.69 Å². The molecule has 7 heteroatoms. The molecule has 1 aliphatic rings. The molecule has 1 N–H and O–H groups in total. The molecule has 0 unspecified atom stereocenters. The lowest BCUT2D eigenvalue weighted by Gasteiger charge is -2.18. The number of hydrogen-bond acceptors (Lipinski definition) is 4. The van der Waals surface area contributed by atoms with E-state index in [1.54, 1.807) is 24.3 Å². The Kier molecular flexibility index (Phi) is 5.58. The monoisotopic (exact) mass is 423 g/mol. The van der Waals surface area contributed by atoms with Crippen LogP contribution in [0.5, 0.6) is 0 Å². The molecule has 1 amide bonds. The molecule has 156 valence electrons. The van der Waals surface area contributed by atoms with Crippen molar-refractivity contribution in [2.24, 2.45) is 0 Å². The topological polar surface area (TPSA) is 79.4 Å². The number of aryl methyl sites for hydroxylation is 1. The summed E-state index contributed by atoms with van der Waals surface area (Å²) in [5.74, 6) is -0.189. The number of carbonyl (C=O) groups excluding carboxylic acids is 1. The zero-order valence-electron chi connectivity index (χ0n) is 17.2. The fourth-order valence-corrected chi connectivity index (χ4v) is 5.54. The molecule has 6 nitrogen and oxygen atoms in total. The zero-order valence-corrected chi connectivity index (χ0v) is 18.0. The average Bonchev–Trinajstić information content (AvgIpc) is 3.21. The van der Waals surface area contributed by atoms with Crippen LogP contribution < -0.4 is 5.32 Å². The minimum absolute atomic E-state index is 0.189. The van der Waals surface area contributed by atoms with Crippen molar-refractivity contribution < 1.29 is 13.2 Å². The highest BCUT2D eigenvalue weighted by Gasteiger charge is 2.24. The van der Waals surface area contributed by atoms with E-state index in [0.717, 1.165) is 41.4 Å². The number of fused-ring (bicyclic) bond motifs is 2. The van der Waals surface area contributed by atoms with Crippen molar-refractivity contribution in [1.82, 2.24) is 9.29 Å². The molecule has 0 bridgehead atoms. The van der Waals surface area contributed by atoms with Crippen molar-refractivity contribution in [1.29, 1.82) is 0 Å². The second kappa shape index (κ2) is 8.16. The molecule has 4 rings (SSSR count). The Morgan fingerprint density at radius 2 is 1.73 bits per heavy atom. The Bertz CT molecular complexity index is 1200. The fourth-order valence-electron chi connectivity index (χ4n) is 4.09. The second-order valence-corrected chi connectivity index (χ2v) is 9.29. The molecule has 0 saturated heterocycles. The van der Waals surface area contributed by atoms with Gasteiger partial charge in [-0.2, -0.15) is 4.31 Å². The summed E-state index contributed by atoms with van der Waals surface area (Å²) in [4.78, 5) is 18.2. The number of para-hydroxylation sites is 1. The minimum atomic E-state index is -3.52. The number of pyridine rings is 1. The van der Waals surface area contributed by atoms with Gasteiger partial charge in [0.1, 0.15) is 0 Å². The Hall–Kier alpha value is -2.77. The molecule has 3 aromatic rings. The Morgan fingerprint density at radius 1 is 1.03 bits per heavy atom. The lowest BCUT2D eigenvalue weighted by Crippen LogP contribution is -2.30. The van der Waals surface area contributed by atoms with Gasteiger partial charge < -0.3 is 5.32 Å².